The van der Waals surface area contributed by atoms with Gasteiger partial charge in [0.1, 0.15) is 5.82 Å². The molecule has 3 amide bonds. The number of benzene rings is 1. The lowest BCUT2D eigenvalue weighted by molar-refractivity contribution is -0.120. The van der Waals surface area contributed by atoms with Gasteiger partial charge in [0, 0.05) is 11.7 Å². The Hall–Kier alpha value is -2.64. The fourth-order valence-electron chi connectivity index (χ4n) is 1.48. The number of aromatic carboxylic acids is 1. The van der Waals surface area contributed by atoms with Crippen LogP contribution < -0.4 is 16.0 Å². The van der Waals surface area contributed by atoms with E-state index in [1.54, 1.807) is 13.8 Å². The zero-order valence-corrected chi connectivity index (χ0v) is 11.6. The van der Waals surface area contributed by atoms with E-state index in [9.17, 15) is 18.8 Å². The maximum absolute atomic E-state index is 13.4. The second-order valence-corrected chi connectivity index (χ2v) is 4.53. The molecule has 1 aromatic rings. The number of carboxylic acids is 1. The molecule has 0 aliphatic carbocycles. The first-order chi connectivity index (χ1) is 9.79. The second kappa shape index (κ2) is 7.22. The number of carbonyl (C=O) groups excluding carboxylic acids is 2. The van der Waals surface area contributed by atoms with Crippen molar-refractivity contribution in [3.63, 3.8) is 0 Å². The summed E-state index contributed by atoms with van der Waals surface area (Å²) < 4.78 is 13.4. The van der Waals surface area contributed by atoms with E-state index in [-0.39, 0.29) is 24.2 Å². The van der Waals surface area contributed by atoms with Crippen LogP contribution in [0.5, 0.6) is 0 Å². The van der Waals surface area contributed by atoms with Crippen LogP contribution in [0.3, 0.4) is 0 Å². The minimum Gasteiger partial charge on any atom is -0.478 e. The van der Waals surface area contributed by atoms with E-state index in [1.165, 1.54) is 6.07 Å². The van der Waals surface area contributed by atoms with Crippen LogP contribution in [0.25, 0.3) is 0 Å². The van der Waals surface area contributed by atoms with Crippen molar-refractivity contribution in [1.82, 2.24) is 10.6 Å². The Morgan fingerprint density at radius 1 is 1.29 bits per heavy atom. The lowest BCUT2D eigenvalue weighted by atomic mass is 10.2. The monoisotopic (exact) mass is 297 g/mol. The fourth-order valence-corrected chi connectivity index (χ4v) is 1.48. The molecule has 0 saturated carbocycles. The van der Waals surface area contributed by atoms with Gasteiger partial charge in [0.2, 0.25) is 5.91 Å². The Bertz CT molecular complexity index is 560. The Balaban J connectivity index is 2.54. The average molecular weight is 297 g/mol. The number of urea groups is 1. The summed E-state index contributed by atoms with van der Waals surface area (Å²) in [4.78, 5) is 33.4. The summed E-state index contributed by atoms with van der Waals surface area (Å²) in [6, 6.07) is 2.44. The van der Waals surface area contributed by atoms with Gasteiger partial charge in [0.05, 0.1) is 12.1 Å². The number of hydrogen-bond donors (Lipinski definition) is 4. The minimum absolute atomic E-state index is 0.0416. The molecular formula is C13H16FN3O4. The predicted molar refractivity (Wildman–Crippen MR) is 73.7 cm³/mol. The summed E-state index contributed by atoms with van der Waals surface area (Å²) in [5, 5.41) is 15.8. The molecule has 0 aliphatic rings. The van der Waals surface area contributed by atoms with Gasteiger partial charge in [-0.05, 0) is 32.0 Å². The number of carbonyl (C=O) groups is 3. The highest BCUT2D eigenvalue weighted by atomic mass is 19.1. The molecule has 0 spiro atoms. The van der Waals surface area contributed by atoms with E-state index in [4.69, 9.17) is 5.11 Å². The van der Waals surface area contributed by atoms with E-state index >= 15 is 0 Å². The maximum atomic E-state index is 13.4. The van der Waals surface area contributed by atoms with Crippen molar-refractivity contribution in [1.29, 1.82) is 0 Å². The SMILES string of the molecule is CC(C)NC(=O)CNC(=O)Nc1ccc(C(=O)O)c(F)c1. The Labute approximate surface area is 120 Å². The molecule has 4 N–H and O–H groups in total. The quantitative estimate of drug-likeness (QED) is 0.654. The molecule has 0 fully saturated rings. The van der Waals surface area contributed by atoms with E-state index in [2.05, 4.69) is 16.0 Å². The molecule has 0 bridgehead atoms. The van der Waals surface area contributed by atoms with E-state index in [0.29, 0.717) is 0 Å². The highest BCUT2D eigenvalue weighted by Crippen LogP contribution is 2.14. The van der Waals surface area contributed by atoms with Gasteiger partial charge in [-0.1, -0.05) is 0 Å². The molecule has 1 aromatic carbocycles. The van der Waals surface area contributed by atoms with Crippen LogP contribution in [0.1, 0.15) is 24.2 Å². The molecule has 0 heterocycles. The topological polar surface area (TPSA) is 108 Å². The Kier molecular flexibility index (Phi) is 5.65. The molecule has 8 heteroatoms. The third kappa shape index (κ3) is 5.47. The number of anilines is 1. The van der Waals surface area contributed by atoms with Crippen molar-refractivity contribution in [2.24, 2.45) is 0 Å². The lowest BCUT2D eigenvalue weighted by Gasteiger charge is -2.10. The number of rotatable bonds is 5. The summed E-state index contributed by atoms with van der Waals surface area (Å²) in [6.07, 6.45) is 0. The van der Waals surface area contributed by atoms with Crippen molar-refractivity contribution in [2.75, 3.05) is 11.9 Å². The van der Waals surface area contributed by atoms with Gasteiger partial charge >= 0.3 is 12.0 Å². The van der Waals surface area contributed by atoms with Crippen LogP contribution in [0.4, 0.5) is 14.9 Å². The average Bonchev–Trinajstić information content (AvgIpc) is 2.35. The summed E-state index contributed by atoms with van der Waals surface area (Å²) >= 11 is 0. The largest absolute Gasteiger partial charge is 0.478 e. The van der Waals surface area contributed by atoms with Gasteiger partial charge in [0.15, 0.2) is 0 Å². The van der Waals surface area contributed by atoms with E-state index in [0.717, 1.165) is 12.1 Å². The first kappa shape index (κ1) is 16.4. The van der Waals surface area contributed by atoms with Crippen molar-refractivity contribution in [3.8, 4) is 0 Å². The van der Waals surface area contributed by atoms with E-state index in [1.807, 2.05) is 0 Å². The van der Waals surface area contributed by atoms with Crippen molar-refractivity contribution >= 4 is 23.6 Å². The predicted octanol–water partition coefficient (Wildman–Crippen LogP) is 1.17. The van der Waals surface area contributed by atoms with Gasteiger partial charge < -0.3 is 21.1 Å². The molecule has 7 nitrogen and oxygen atoms in total. The van der Waals surface area contributed by atoms with Crippen molar-refractivity contribution in [3.05, 3.63) is 29.6 Å². The summed E-state index contributed by atoms with van der Waals surface area (Å²) in [5.74, 6) is -2.71. The normalized spacial score (nSPS) is 10.1. The number of halogens is 1. The third-order valence-corrected chi connectivity index (χ3v) is 2.32. The fraction of sp³-hybridized carbons (Fsp3) is 0.308. The first-order valence-electron chi connectivity index (χ1n) is 6.16. The summed E-state index contributed by atoms with van der Waals surface area (Å²) in [6.45, 7) is 3.34. The van der Waals surface area contributed by atoms with Crippen molar-refractivity contribution in [2.45, 2.75) is 19.9 Å². The van der Waals surface area contributed by atoms with Gasteiger partial charge in [-0.25, -0.2) is 14.0 Å². The maximum Gasteiger partial charge on any atom is 0.338 e. The zero-order valence-electron chi connectivity index (χ0n) is 11.6. The second-order valence-electron chi connectivity index (χ2n) is 4.53. The molecular weight excluding hydrogens is 281 g/mol. The summed E-state index contributed by atoms with van der Waals surface area (Å²) in [7, 11) is 0. The van der Waals surface area contributed by atoms with Crippen LogP contribution in [0, 0.1) is 5.82 Å². The molecule has 1 rings (SSSR count). The van der Waals surface area contributed by atoms with Crippen LogP contribution in [0.2, 0.25) is 0 Å². The van der Waals surface area contributed by atoms with Gasteiger partial charge in [-0.15, -0.1) is 0 Å². The molecule has 0 radical (unpaired) electrons. The smallest absolute Gasteiger partial charge is 0.338 e. The molecule has 21 heavy (non-hydrogen) atoms. The number of carboxylic acid groups (broad SMARTS) is 1. The standard InChI is InChI=1S/C13H16FN3O4/c1-7(2)16-11(18)6-15-13(21)17-8-3-4-9(12(19)20)10(14)5-8/h3-5,7H,6H2,1-2H3,(H,16,18)(H,19,20)(H2,15,17,21). The van der Waals surface area contributed by atoms with Crippen LogP contribution >= 0.6 is 0 Å². The Morgan fingerprint density at radius 3 is 2.48 bits per heavy atom. The van der Waals surface area contributed by atoms with E-state index < -0.39 is 23.4 Å². The van der Waals surface area contributed by atoms with Crippen molar-refractivity contribution < 1.29 is 23.9 Å². The molecule has 0 atom stereocenters. The number of hydrogen-bond acceptors (Lipinski definition) is 3. The summed E-state index contributed by atoms with van der Waals surface area (Å²) in [5.41, 5.74) is -0.406. The third-order valence-electron chi connectivity index (χ3n) is 2.32. The number of amides is 3. The van der Waals surface area contributed by atoms with Crippen LogP contribution in [-0.2, 0) is 4.79 Å². The van der Waals surface area contributed by atoms with Gasteiger partial charge in [-0.3, -0.25) is 4.79 Å². The minimum atomic E-state index is -1.39. The molecule has 0 unspecified atom stereocenters. The Morgan fingerprint density at radius 2 is 1.95 bits per heavy atom. The number of nitrogens with one attached hydrogen (secondary N) is 3. The highest BCUT2D eigenvalue weighted by Gasteiger charge is 2.12. The lowest BCUT2D eigenvalue weighted by Crippen LogP contribution is -2.41. The highest BCUT2D eigenvalue weighted by molar-refractivity contribution is 5.93. The van der Waals surface area contributed by atoms with Gasteiger partial charge in [-0.2, -0.15) is 0 Å². The molecule has 0 aliphatic heterocycles. The zero-order chi connectivity index (χ0) is 16.0. The van der Waals surface area contributed by atoms with Gasteiger partial charge in [0.25, 0.3) is 0 Å². The molecule has 0 saturated heterocycles. The van der Waals surface area contributed by atoms with Crippen LogP contribution in [0.15, 0.2) is 18.2 Å². The molecule has 114 valence electrons. The molecule has 0 aromatic heterocycles. The first-order valence-corrected chi connectivity index (χ1v) is 6.16. The van der Waals surface area contributed by atoms with Crippen LogP contribution in [-0.4, -0.2) is 35.6 Å².